The van der Waals surface area contributed by atoms with E-state index in [0.29, 0.717) is 24.2 Å². The second-order valence-corrected chi connectivity index (χ2v) is 8.99. The molecule has 2 amide bonds. The average Bonchev–Trinajstić information content (AvgIpc) is 3.01. The molecule has 0 aliphatic carbocycles. The van der Waals surface area contributed by atoms with E-state index >= 15 is 0 Å². The van der Waals surface area contributed by atoms with Crippen LogP contribution in [0.5, 0.6) is 0 Å². The van der Waals surface area contributed by atoms with Crippen LogP contribution in [0.1, 0.15) is 44.5 Å². The lowest BCUT2D eigenvalue weighted by Gasteiger charge is -2.21. The first kappa shape index (κ1) is 21.7. The molecule has 1 aliphatic heterocycles. The molecule has 0 spiro atoms. The molecule has 2 N–H and O–H groups in total. The molecule has 0 fully saturated rings. The number of benzene rings is 2. The molecule has 0 unspecified atom stereocenters. The van der Waals surface area contributed by atoms with Crippen molar-refractivity contribution in [3.63, 3.8) is 0 Å². The van der Waals surface area contributed by atoms with Gasteiger partial charge in [0.05, 0.1) is 17.9 Å². The zero-order chi connectivity index (χ0) is 22.9. The van der Waals surface area contributed by atoms with Gasteiger partial charge in [0.1, 0.15) is 0 Å². The number of nitrogens with one attached hydrogen (secondary N) is 2. The largest absolute Gasteiger partial charge is 0.462 e. The van der Waals surface area contributed by atoms with Crippen molar-refractivity contribution in [2.24, 2.45) is 0 Å². The number of anilines is 1. The summed E-state index contributed by atoms with van der Waals surface area (Å²) in [6, 6.07) is 15.5. The Labute approximate surface area is 188 Å². The third-order valence-electron chi connectivity index (χ3n) is 5.73. The van der Waals surface area contributed by atoms with E-state index in [1.54, 1.807) is 18.0 Å². The molecule has 4 rings (SSSR count). The van der Waals surface area contributed by atoms with Crippen LogP contribution in [-0.2, 0) is 21.4 Å². The molecule has 0 saturated carbocycles. The summed E-state index contributed by atoms with van der Waals surface area (Å²) < 4.78 is 5.30. The molecule has 2 heterocycles. The van der Waals surface area contributed by atoms with E-state index in [4.69, 9.17) is 4.74 Å². The number of carbonyl (C=O) groups is 2. The molecule has 32 heavy (non-hydrogen) atoms. The maximum Gasteiger partial charge on any atom is 0.341 e. The topological polar surface area (TPSA) is 74.4 Å². The van der Waals surface area contributed by atoms with Crippen LogP contribution in [-0.4, -0.2) is 35.0 Å². The Hall–Kier alpha value is -3.54. The maximum absolute atomic E-state index is 13.1. The van der Waals surface area contributed by atoms with Gasteiger partial charge in [-0.2, -0.15) is 0 Å². The molecule has 0 atom stereocenters. The van der Waals surface area contributed by atoms with Crippen molar-refractivity contribution in [1.82, 2.24) is 9.88 Å². The summed E-state index contributed by atoms with van der Waals surface area (Å²) in [5.74, 6) is -0.450. The highest BCUT2D eigenvalue weighted by atomic mass is 16.5. The molecule has 2 aromatic carbocycles. The molecule has 6 nitrogen and oxygen atoms in total. The Morgan fingerprint density at radius 3 is 2.50 bits per heavy atom. The van der Waals surface area contributed by atoms with E-state index in [1.807, 2.05) is 48.5 Å². The number of aromatic nitrogens is 1. The van der Waals surface area contributed by atoms with Gasteiger partial charge < -0.3 is 15.0 Å². The summed E-state index contributed by atoms with van der Waals surface area (Å²) >= 11 is 0. The highest BCUT2D eigenvalue weighted by molar-refractivity contribution is 6.18. The zero-order valence-corrected chi connectivity index (χ0v) is 19.0. The fourth-order valence-electron chi connectivity index (χ4n) is 3.98. The number of amides is 2. The van der Waals surface area contributed by atoms with Crippen LogP contribution in [0.15, 0.2) is 54.7 Å². The Bertz CT molecular complexity index is 1180. The highest BCUT2D eigenvalue weighted by Gasteiger charge is 2.27. The number of H-pyrrole nitrogens is 1. The second-order valence-electron chi connectivity index (χ2n) is 8.99. The Morgan fingerprint density at radius 1 is 1.09 bits per heavy atom. The summed E-state index contributed by atoms with van der Waals surface area (Å²) in [5.41, 5.74) is 5.00. The van der Waals surface area contributed by atoms with Crippen LogP contribution in [0, 0.1) is 0 Å². The summed E-state index contributed by atoms with van der Waals surface area (Å²) in [6.07, 6.45) is 2.22. The first-order valence-corrected chi connectivity index (χ1v) is 10.9. The van der Waals surface area contributed by atoms with E-state index in [1.165, 1.54) is 5.56 Å². The fraction of sp³-hybridized carbons (Fsp3) is 0.308. The molecular weight excluding hydrogens is 402 g/mol. The summed E-state index contributed by atoms with van der Waals surface area (Å²) in [7, 11) is 0. The van der Waals surface area contributed by atoms with Gasteiger partial charge in [0.15, 0.2) is 0 Å². The third-order valence-corrected chi connectivity index (χ3v) is 5.73. The van der Waals surface area contributed by atoms with Gasteiger partial charge in [0, 0.05) is 29.3 Å². The zero-order valence-electron chi connectivity index (χ0n) is 19.0. The van der Waals surface area contributed by atoms with Crippen LogP contribution in [0.25, 0.3) is 16.5 Å². The lowest BCUT2D eigenvalue weighted by molar-refractivity contribution is -0.136. The molecule has 0 saturated heterocycles. The minimum atomic E-state index is -0.450. The van der Waals surface area contributed by atoms with E-state index in [9.17, 15) is 9.59 Å². The number of urea groups is 1. The Morgan fingerprint density at radius 2 is 1.81 bits per heavy atom. The molecule has 166 valence electrons. The van der Waals surface area contributed by atoms with E-state index in [0.717, 1.165) is 22.2 Å². The fourth-order valence-corrected chi connectivity index (χ4v) is 3.98. The first-order chi connectivity index (χ1) is 15.3. The van der Waals surface area contributed by atoms with Crippen LogP contribution in [0.4, 0.5) is 10.5 Å². The van der Waals surface area contributed by atoms with E-state index in [2.05, 4.69) is 31.1 Å². The number of para-hydroxylation sites is 1. The standard InChI is InChI=1S/C26H29N3O3/c1-5-32-24(30)21-16-29(15-14-20-19-8-6-7-9-22(19)28-23(20)21)25(31)27-18-12-10-17(11-13-18)26(2,3)4/h6-13,16,28H,5,14-15H2,1-4H3,(H,27,31). The normalized spacial score (nSPS) is 13.9. The lowest BCUT2D eigenvalue weighted by atomic mass is 9.87. The summed E-state index contributed by atoms with van der Waals surface area (Å²) in [6.45, 7) is 8.93. The molecule has 1 aliphatic rings. The van der Waals surface area contributed by atoms with Crippen molar-refractivity contribution >= 4 is 34.2 Å². The number of fused-ring (bicyclic) bond motifs is 3. The van der Waals surface area contributed by atoms with Gasteiger partial charge in [-0.25, -0.2) is 9.59 Å². The Kier molecular flexibility index (Phi) is 5.78. The van der Waals surface area contributed by atoms with Gasteiger partial charge in [-0.15, -0.1) is 0 Å². The number of aromatic amines is 1. The van der Waals surface area contributed by atoms with Crippen LogP contribution in [0.3, 0.4) is 0 Å². The Balaban J connectivity index is 1.63. The summed E-state index contributed by atoms with van der Waals surface area (Å²) in [4.78, 5) is 30.7. The minimum absolute atomic E-state index is 0.0418. The van der Waals surface area contributed by atoms with Crippen molar-refractivity contribution in [1.29, 1.82) is 0 Å². The molecule has 0 radical (unpaired) electrons. The van der Waals surface area contributed by atoms with Gasteiger partial charge in [0.2, 0.25) is 0 Å². The van der Waals surface area contributed by atoms with E-state index in [-0.39, 0.29) is 18.1 Å². The number of ether oxygens (including phenoxy) is 1. The highest BCUT2D eigenvalue weighted by Crippen LogP contribution is 2.31. The van der Waals surface area contributed by atoms with Gasteiger partial charge in [0.25, 0.3) is 0 Å². The smallest absolute Gasteiger partial charge is 0.341 e. The van der Waals surface area contributed by atoms with Crippen LogP contribution < -0.4 is 5.32 Å². The molecular formula is C26H29N3O3. The molecule has 0 bridgehead atoms. The predicted molar refractivity (Wildman–Crippen MR) is 127 cm³/mol. The lowest BCUT2D eigenvalue weighted by Crippen LogP contribution is -2.32. The first-order valence-electron chi connectivity index (χ1n) is 10.9. The van der Waals surface area contributed by atoms with Gasteiger partial charge in [-0.05, 0) is 48.1 Å². The SMILES string of the molecule is CCOC(=O)C1=CN(C(=O)Nc2ccc(C(C)(C)C)cc2)CCc2c1[nH]c1ccccc21. The van der Waals surface area contributed by atoms with Crippen molar-refractivity contribution in [2.75, 3.05) is 18.5 Å². The maximum atomic E-state index is 13.1. The number of carbonyl (C=O) groups excluding carboxylic acids is 2. The number of hydrogen-bond donors (Lipinski definition) is 2. The third kappa shape index (κ3) is 4.26. The molecule has 6 heteroatoms. The van der Waals surface area contributed by atoms with Crippen molar-refractivity contribution < 1.29 is 14.3 Å². The molecule has 1 aromatic heterocycles. The van der Waals surface area contributed by atoms with Gasteiger partial charge >= 0.3 is 12.0 Å². The van der Waals surface area contributed by atoms with Crippen molar-refractivity contribution in [3.8, 4) is 0 Å². The van der Waals surface area contributed by atoms with Gasteiger partial charge in [-0.1, -0.05) is 51.1 Å². The number of hydrogen-bond acceptors (Lipinski definition) is 3. The van der Waals surface area contributed by atoms with Gasteiger partial charge in [-0.3, -0.25) is 4.90 Å². The quantitative estimate of drug-likeness (QED) is 0.541. The van der Waals surface area contributed by atoms with Crippen LogP contribution >= 0.6 is 0 Å². The average molecular weight is 432 g/mol. The monoisotopic (exact) mass is 431 g/mol. The van der Waals surface area contributed by atoms with Crippen molar-refractivity contribution in [2.45, 2.75) is 39.5 Å². The number of esters is 1. The predicted octanol–water partition coefficient (Wildman–Crippen LogP) is 5.46. The summed E-state index contributed by atoms with van der Waals surface area (Å²) in [5, 5.41) is 4.00. The molecule has 3 aromatic rings. The second kappa shape index (κ2) is 8.54. The van der Waals surface area contributed by atoms with Crippen molar-refractivity contribution in [3.05, 3.63) is 71.6 Å². The minimum Gasteiger partial charge on any atom is -0.462 e. The van der Waals surface area contributed by atoms with E-state index < -0.39 is 5.97 Å². The number of rotatable bonds is 3. The number of nitrogens with zero attached hydrogens (tertiary/aromatic N) is 1. The van der Waals surface area contributed by atoms with Crippen LogP contribution in [0.2, 0.25) is 0 Å².